The van der Waals surface area contributed by atoms with E-state index in [0.29, 0.717) is 6.04 Å². The molecule has 2 atom stereocenters. The van der Waals surface area contributed by atoms with Crippen LogP contribution in [0, 0.1) is 0 Å². The van der Waals surface area contributed by atoms with Gasteiger partial charge in [-0.2, -0.15) is 0 Å². The Hall–Kier alpha value is -0.0800. The topological polar surface area (TPSA) is 38.0 Å². The summed E-state index contributed by atoms with van der Waals surface area (Å²) in [6.45, 7) is 2.15. The molecule has 2 heteroatoms. The summed E-state index contributed by atoms with van der Waals surface area (Å²) in [5.41, 5.74) is 6.10. The molecule has 2 nitrogen and oxygen atoms in total. The molecule has 1 rings (SSSR count). The molecule has 60 valence electrons. The second kappa shape index (κ2) is 2.89. The predicted molar refractivity (Wildman–Crippen MR) is 43.9 cm³/mol. The van der Waals surface area contributed by atoms with Gasteiger partial charge in [-0.25, -0.2) is 0 Å². The van der Waals surface area contributed by atoms with Gasteiger partial charge in [0, 0.05) is 11.6 Å². The molecule has 3 N–H and O–H groups in total. The Labute approximate surface area is 63.2 Å². The Balaban J connectivity index is 2.51. The Morgan fingerprint density at radius 3 is 2.60 bits per heavy atom. The lowest BCUT2D eigenvalue weighted by atomic mass is 9.80. The van der Waals surface area contributed by atoms with Crippen LogP contribution in [0.3, 0.4) is 0 Å². The maximum Gasteiger partial charge on any atom is 0.0281 e. The highest BCUT2D eigenvalue weighted by atomic mass is 15.0. The van der Waals surface area contributed by atoms with Crippen molar-refractivity contribution in [2.75, 3.05) is 7.05 Å². The molecule has 1 fully saturated rings. The lowest BCUT2D eigenvalue weighted by molar-refractivity contribution is 0.245. The van der Waals surface area contributed by atoms with Gasteiger partial charge in [-0.15, -0.1) is 0 Å². The summed E-state index contributed by atoms with van der Waals surface area (Å²) in [6.07, 6.45) is 5.03. The van der Waals surface area contributed by atoms with E-state index in [9.17, 15) is 0 Å². The van der Waals surface area contributed by atoms with Crippen molar-refractivity contribution in [2.24, 2.45) is 5.73 Å². The Kier molecular flexibility index (Phi) is 2.32. The molecule has 0 aliphatic heterocycles. The van der Waals surface area contributed by atoms with Crippen molar-refractivity contribution in [1.82, 2.24) is 5.32 Å². The number of likely N-dealkylation sites (N-methyl/N-ethyl adjacent to an activating group) is 1. The first-order chi connectivity index (χ1) is 4.67. The molecule has 2 unspecified atom stereocenters. The van der Waals surface area contributed by atoms with Crippen LogP contribution >= 0.6 is 0 Å². The number of hydrogen-bond acceptors (Lipinski definition) is 2. The van der Waals surface area contributed by atoms with E-state index >= 15 is 0 Å². The largest absolute Gasteiger partial charge is 0.324 e. The smallest absolute Gasteiger partial charge is 0.0281 e. The maximum atomic E-state index is 6.07. The zero-order valence-corrected chi connectivity index (χ0v) is 6.98. The molecule has 10 heavy (non-hydrogen) atoms. The van der Waals surface area contributed by atoms with E-state index in [-0.39, 0.29) is 5.54 Å². The van der Waals surface area contributed by atoms with Crippen LogP contribution in [0.15, 0.2) is 0 Å². The fourth-order valence-corrected chi connectivity index (χ4v) is 1.83. The zero-order chi connectivity index (χ0) is 7.61. The van der Waals surface area contributed by atoms with Gasteiger partial charge in [-0.3, -0.25) is 0 Å². The van der Waals surface area contributed by atoms with Gasteiger partial charge in [0.05, 0.1) is 0 Å². The van der Waals surface area contributed by atoms with E-state index in [0.717, 1.165) is 0 Å². The van der Waals surface area contributed by atoms with Crippen molar-refractivity contribution in [3.05, 3.63) is 0 Å². The minimum atomic E-state index is 0.0347. The molecule has 0 aromatic carbocycles. The van der Waals surface area contributed by atoms with Crippen LogP contribution in [0.1, 0.15) is 32.6 Å². The summed E-state index contributed by atoms with van der Waals surface area (Å²) < 4.78 is 0. The Bertz CT molecular complexity index is 110. The third-order valence-electron chi connectivity index (χ3n) is 2.60. The lowest BCUT2D eigenvalue weighted by Gasteiger charge is -2.38. The average molecular weight is 142 g/mol. The molecule has 0 aromatic rings. The third kappa shape index (κ3) is 1.50. The summed E-state index contributed by atoms with van der Waals surface area (Å²) >= 11 is 0. The zero-order valence-electron chi connectivity index (χ0n) is 6.98. The predicted octanol–water partition coefficient (Wildman–Crippen LogP) is 0.866. The van der Waals surface area contributed by atoms with Crippen LogP contribution < -0.4 is 11.1 Å². The minimum absolute atomic E-state index is 0.0347. The van der Waals surface area contributed by atoms with E-state index in [1.807, 2.05) is 7.05 Å². The molecule has 0 spiro atoms. The molecular formula is C8H18N2. The fourth-order valence-electron chi connectivity index (χ4n) is 1.83. The molecule has 0 aromatic heterocycles. The van der Waals surface area contributed by atoms with E-state index in [2.05, 4.69) is 12.2 Å². The molecule has 1 aliphatic rings. The number of rotatable bonds is 1. The minimum Gasteiger partial charge on any atom is -0.324 e. The molecule has 1 aliphatic carbocycles. The van der Waals surface area contributed by atoms with Gasteiger partial charge in [0.1, 0.15) is 0 Å². The van der Waals surface area contributed by atoms with E-state index < -0.39 is 0 Å². The molecule has 0 saturated heterocycles. The second-order valence-electron chi connectivity index (χ2n) is 3.59. The molecule has 0 bridgehead atoms. The average Bonchev–Trinajstić information content (AvgIpc) is 1.87. The van der Waals surface area contributed by atoms with E-state index in [4.69, 9.17) is 5.73 Å². The molecular weight excluding hydrogens is 124 g/mol. The van der Waals surface area contributed by atoms with Gasteiger partial charge in [0.15, 0.2) is 0 Å². The highest BCUT2D eigenvalue weighted by Gasteiger charge is 2.31. The number of nitrogens with two attached hydrogens (primary N) is 1. The van der Waals surface area contributed by atoms with Crippen molar-refractivity contribution < 1.29 is 0 Å². The molecule has 1 saturated carbocycles. The normalized spacial score (nSPS) is 41.7. The molecule has 0 heterocycles. The first kappa shape index (κ1) is 8.02. The van der Waals surface area contributed by atoms with Crippen molar-refractivity contribution >= 4 is 0 Å². The first-order valence-corrected chi connectivity index (χ1v) is 4.13. The van der Waals surface area contributed by atoms with Crippen LogP contribution in [-0.2, 0) is 0 Å². The van der Waals surface area contributed by atoms with Crippen LogP contribution in [0.5, 0.6) is 0 Å². The highest BCUT2D eigenvalue weighted by molar-refractivity contribution is 4.94. The summed E-state index contributed by atoms with van der Waals surface area (Å²) in [7, 11) is 2.00. The van der Waals surface area contributed by atoms with Crippen molar-refractivity contribution in [2.45, 2.75) is 44.2 Å². The Morgan fingerprint density at radius 1 is 1.50 bits per heavy atom. The number of nitrogens with one attached hydrogen (secondary N) is 1. The third-order valence-corrected chi connectivity index (χ3v) is 2.60. The standard InChI is InChI=1S/C8H18N2/c1-8(9)6-4-3-5-7(8)10-2/h7,10H,3-6,9H2,1-2H3. The van der Waals surface area contributed by atoms with Crippen LogP contribution in [-0.4, -0.2) is 18.6 Å². The molecule has 0 radical (unpaired) electrons. The van der Waals surface area contributed by atoms with Gasteiger partial charge in [-0.1, -0.05) is 12.8 Å². The summed E-state index contributed by atoms with van der Waals surface area (Å²) in [6, 6.07) is 0.529. The van der Waals surface area contributed by atoms with Crippen LogP contribution in [0.25, 0.3) is 0 Å². The van der Waals surface area contributed by atoms with Gasteiger partial charge >= 0.3 is 0 Å². The first-order valence-electron chi connectivity index (χ1n) is 4.13. The van der Waals surface area contributed by atoms with Gasteiger partial charge in [0.25, 0.3) is 0 Å². The van der Waals surface area contributed by atoms with E-state index in [1.165, 1.54) is 25.7 Å². The quantitative estimate of drug-likeness (QED) is 0.570. The van der Waals surface area contributed by atoms with Gasteiger partial charge in [-0.05, 0) is 26.8 Å². The Morgan fingerprint density at radius 2 is 2.20 bits per heavy atom. The summed E-state index contributed by atoms with van der Waals surface area (Å²) in [5.74, 6) is 0. The maximum absolute atomic E-state index is 6.07. The fraction of sp³-hybridized carbons (Fsp3) is 1.00. The van der Waals surface area contributed by atoms with E-state index in [1.54, 1.807) is 0 Å². The molecule has 0 amide bonds. The lowest BCUT2D eigenvalue weighted by Crippen LogP contribution is -2.55. The van der Waals surface area contributed by atoms with Crippen molar-refractivity contribution in [3.8, 4) is 0 Å². The summed E-state index contributed by atoms with van der Waals surface area (Å²) in [5, 5.41) is 3.27. The SMILES string of the molecule is CNC1CCCCC1(C)N. The van der Waals surface area contributed by atoms with Gasteiger partial charge < -0.3 is 11.1 Å². The highest BCUT2D eigenvalue weighted by Crippen LogP contribution is 2.25. The van der Waals surface area contributed by atoms with Gasteiger partial charge in [0.2, 0.25) is 0 Å². The summed E-state index contributed by atoms with van der Waals surface area (Å²) in [4.78, 5) is 0. The monoisotopic (exact) mass is 142 g/mol. The van der Waals surface area contributed by atoms with Crippen molar-refractivity contribution in [1.29, 1.82) is 0 Å². The van der Waals surface area contributed by atoms with Crippen LogP contribution in [0.2, 0.25) is 0 Å². The van der Waals surface area contributed by atoms with Crippen LogP contribution in [0.4, 0.5) is 0 Å². The van der Waals surface area contributed by atoms with Crippen molar-refractivity contribution in [3.63, 3.8) is 0 Å². The second-order valence-corrected chi connectivity index (χ2v) is 3.59. The number of hydrogen-bond donors (Lipinski definition) is 2.